The molecule has 8 nitrogen and oxygen atoms in total. The minimum absolute atomic E-state index is 0.0357. The summed E-state index contributed by atoms with van der Waals surface area (Å²) >= 11 is 0. The van der Waals surface area contributed by atoms with Crippen LogP contribution in [0.25, 0.3) is 44.5 Å². The third-order valence-electron chi connectivity index (χ3n) is 18.7. The molecule has 6 aromatic rings. The van der Waals surface area contributed by atoms with Gasteiger partial charge in [0.25, 0.3) is 0 Å². The Balaban J connectivity index is 2.56. The molecule has 524 valence electrons. The lowest BCUT2D eigenvalue weighted by atomic mass is 9.64. The first-order valence-electron chi connectivity index (χ1n) is 34.3. The normalized spacial score (nSPS) is 14.2. The van der Waals surface area contributed by atoms with Crippen molar-refractivity contribution in [2.24, 2.45) is 0 Å². The molecular weight excluding hydrogens is 1230 g/mol. The van der Waals surface area contributed by atoms with Gasteiger partial charge in [-0.1, -0.05) is 298 Å². The van der Waals surface area contributed by atoms with E-state index in [0.717, 1.165) is 77.9 Å². The molecule has 11 heteroatoms. The van der Waals surface area contributed by atoms with Gasteiger partial charge in [-0.3, -0.25) is 0 Å². The maximum atomic E-state index is 18.6. The van der Waals surface area contributed by atoms with Crippen LogP contribution >= 0.6 is 17.2 Å². The highest BCUT2D eigenvalue weighted by atomic mass is 32.2. The van der Waals surface area contributed by atoms with Crippen molar-refractivity contribution in [2.45, 2.75) is 324 Å². The van der Waals surface area contributed by atoms with Crippen molar-refractivity contribution in [3.8, 4) is 56.0 Å². The van der Waals surface area contributed by atoms with Gasteiger partial charge in [0.15, 0.2) is 0 Å². The maximum absolute atomic E-state index is 18.6. The summed E-state index contributed by atoms with van der Waals surface area (Å²) in [7, 11) is -11.1. The number of benzene rings is 6. The number of hydrogen-bond donors (Lipinski definition) is 4. The number of sulfone groups is 1. The van der Waals surface area contributed by atoms with Crippen LogP contribution in [0, 0.1) is 0 Å². The van der Waals surface area contributed by atoms with Crippen molar-refractivity contribution in [3.05, 3.63) is 140 Å². The molecule has 0 aliphatic heterocycles. The predicted molar refractivity (Wildman–Crippen MR) is 408 cm³/mol. The van der Waals surface area contributed by atoms with Gasteiger partial charge < -0.3 is 28.6 Å². The number of rotatable bonds is 10. The van der Waals surface area contributed by atoms with Crippen LogP contribution in [0.4, 0.5) is 0 Å². The molecule has 0 atom stereocenters. The van der Waals surface area contributed by atoms with E-state index < -0.39 is 70.4 Å². The Bertz CT molecular complexity index is 3630. The SMILES string of the molecule is CC(C)(C)c1cc(C(C)(C)C)c(-c2c(OP(O)O)c(-c3c(C(C)(C)C)cc(C(C)(C)C)cc3C(C)(C)C)c(-c3c(C(C)(C)C)cc(C(C)(C)C)cc3C(C)(C)C)c(S(=O)(=O)c3ccc(OP(O)O)cc3)c2-c2c(C(C)(C)C)cc(C(C)(C)C)cc2C(C)(C)C)c(C(C)(C)C)c1. The highest BCUT2D eigenvalue weighted by molar-refractivity contribution is 7.91. The Hall–Kier alpha value is -4.43. The Morgan fingerprint density at radius 3 is 0.621 bits per heavy atom. The zero-order chi connectivity index (χ0) is 73.4. The average molecular weight is 1360 g/mol. The molecule has 0 bridgehead atoms. The first kappa shape index (κ1) is 79.6. The molecule has 4 N–H and O–H groups in total. The van der Waals surface area contributed by atoms with Crippen LogP contribution in [0.2, 0.25) is 0 Å². The first-order valence-corrected chi connectivity index (χ1v) is 38.1. The molecule has 0 aliphatic carbocycles. The summed E-state index contributed by atoms with van der Waals surface area (Å²) in [6.07, 6.45) is 0. The fourth-order valence-corrected chi connectivity index (χ4v) is 15.4. The topological polar surface area (TPSA) is 134 Å². The molecule has 0 spiro atoms. The van der Waals surface area contributed by atoms with E-state index >= 15 is 8.42 Å². The van der Waals surface area contributed by atoms with Crippen molar-refractivity contribution < 1.29 is 37.0 Å². The molecule has 0 unspecified atom stereocenters. The summed E-state index contributed by atoms with van der Waals surface area (Å²) in [4.78, 5) is 45.8. The van der Waals surface area contributed by atoms with Gasteiger partial charge in [-0.25, -0.2) is 8.42 Å². The third-order valence-corrected chi connectivity index (χ3v) is 21.2. The summed E-state index contributed by atoms with van der Waals surface area (Å²) in [6.45, 7) is 80.0. The molecule has 6 aromatic carbocycles. The minimum atomic E-state index is -4.98. The summed E-state index contributed by atoms with van der Waals surface area (Å²) in [5.74, 6) is 0.258. The monoisotopic (exact) mass is 1350 g/mol. The van der Waals surface area contributed by atoms with E-state index in [2.05, 4.69) is 298 Å². The summed E-state index contributed by atoms with van der Waals surface area (Å²) in [5.41, 5.74) is 9.54. The zero-order valence-corrected chi connectivity index (χ0v) is 68.3. The lowest BCUT2D eigenvalue weighted by Gasteiger charge is -2.41. The zero-order valence-electron chi connectivity index (χ0n) is 65.7. The molecule has 0 aliphatic rings. The molecule has 6 rings (SSSR count). The smallest absolute Gasteiger partial charge is 0.391 e. The van der Waals surface area contributed by atoms with Crippen LogP contribution in [0.3, 0.4) is 0 Å². The Kier molecular flexibility index (Phi) is 21.5. The van der Waals surface area contributed by atoms with Crippen LogP contribution < -0.4 is 9.05 Å². The first-order chi connectivity index (χ1) is 42.1. The summed E-state index contributed by atoms with van der Waals surface area (Å²) in [5, 5.41) is 0. The van der Waals surface area contributed by atoms with Gasteiger partial charge in [-0.2, -0.15) is 0 Å². The standard InChI is InChI=1S/C84H124O8P2S/c1-73(2,3)49-41-55(77(13,14)15)63(56(42-49)78(16,17)18)67-69(65-59(81(25,26)27)45-51(75(7,8)9)46-60(65)82(28,29)30)72(95(89,90)54-39-37-53(38-40-54)91-93(85)86)70(66-61(83(31,32)33)47-52(76(10,11)12)48-62(66)84(34,35)36)68(71(67)92-94(87)88)64-57(79(19,20)21)43-50(74(4,5)6)44-58(64)80(22,23)24/h37-48,85-88H,1-36H3. The molecule has 0 radical (unpaired) electrons. The van der Waals surface area contributed by atoms with E-state index in [1.165, 1.54) is 24.3 Å². The van der Waals surface area contributed by atoms with Gasteiger partial charge in [0.05, 0.1) is 9.79 Å². The molecule has 0 heterocycles. The van der Waals surface area contributed by atoms with E-state index in [9.17, 15) is 19.6 Å². The maximum Gasteiger partial charge on any atom is 0.391 e. The second kappa shape index (κ2) is 25.6. The predicted octanol–water partition coefficient (Wildman–Crippen LogP) is 23.9. The van der Waals surface area contributed by atoms with Gasteiger partial charge in [0.1, 0.15) is 11.5 Å². The van der Waals surface area contributed by atoms with Crippen LogP contribution in [0.15, 0.2) is 82.6 Å². The van der Waals surface area contributed by atoms with Crippen molar-refractivity contribution in [1.29, 1.82) is 0 Å². The highest BCUT2D eigenvalue weighted by Gasteiger charge is 2.47. The van der Waals surface area contributed by atoms with E-state index in [4.69, 9.17) is 9.05 Å². The van der Waals surface area contributed by atoms with Gasteiger partial charge in [-0.05, 0) is 178 Å². The highest BCUT2D eigenvalue weighted by Crippen LogP contribution is 2.65. The van der Waals surface area contributed by atoms with Crippen LogP contribution in [-0.4, -0.2) is 28.0 Å². The Labute approximate surface area is 580 Å². The second-order valence-electron chi connectivity index (χ2n) is 39.6. The van der Waals surface area contributed by atoms with Crippen molar-refractivity contribution in [1.82, 2.24) is 0 Å². The van der Waals surface area contributed by atoms with Gasteiger partial charge in [0.2, 0.25) is 9.84 Å². The minimum Gasteiger partial charge on any atom is -0.427 e. The van der Waals surface area contributed by atoms with Gasteiger partial charge in [-0.15, -0.1) is 0 Å². The second-order valence-corrected chi connectivity index (χ2v) is 42.9. The summed E-state index contributed by atoms with van der Waals surface area (Å²) < 4.78 is 50.2. The Morgan fingerprint density at radius 2 is 0.453 bits per heavy atom. The molecular formula is C84H124O8P2S. The van der Waals surface area contributed by atoms with Gasteiger partial charge in [0, 0.05) is 22.3 Å². The third kappa shape index (κ3) is 16.9. The van der Waals surface area contributed by atoms with Crippen molar-refractivity contribution in [2.75, 3.05) is 0 Å². The quantitative estimate of drug-likeness (QED) is 0.0997. The van der Waals surface area contributed by atoms with Crippen LogP contribution in [-0.2, 0) is 74.8 Å². The molecule has 0 saturated heterocycles. The fraction of sp³-hybridized carbons (Fsp3) is 0.571. The van der Waals surface area contributed by atoms with Crippen LogP contribution in [0.5, 0.6) is 11.5 Å². The molecule has 0 amide bonds. The van der Waals surface area contributed by atoms with E-state index in [1.807, 2.05) is 0 Å². The molecule has 0 aromatic heterocycles. The lowest BCUT2D eigenvalue weighted by Crippen LogP contribution is -2.27. The average Bonchev–Trinajstić information content (AvgIpc) is 0.682. The van der Waals surface area contributed by atoms with Crippen LogP contribution in [0.1, 0.15) is 316 Å². The molecule has 0 fully saturated rings. The largest absolute Gasteiger partial charge is 0.427 e. The molecule has 95 heavy (non-hydrogen) atoms. The lowest BCUT2D eigenvalue weighted by molar-refractivity contribution is 0.374. The molecule has 0 saturated carbocycles. The van der Waals surface area contributed by atoms with Crippen molar-refractivity contribution >= 4 is 27.0 Å². The van der Waals surface area contributed by atoms with E-state index in [1.54, 1.807) is 0 Å². The Morgan fingerprint density at radius 1 is 0.263 bits per heavy atom. The summed E-state index contributed by atoms with van der Waals surface area (Å²) in [6, 6.07) is 24.5. The van der Waals surface area contributed by atoms with Crippen molar-refractivity contribution in [3.63, 3.8) is 0 Å². The van der Waals surface area contributed by atoms with Gasteiger partial charge >= 0.3 is 17.2 Å². The van der Waals surface area contributed by atoms with E-state index in [-0.39, 0.29) is 42.9 Å². The fourth-order valence-electron chi connectivity index (χ4n) is 13.1. The van der Waals surface area contributed by atoms with E-state index in [0.29, 0.717) is 33.4 Å². The number of hydrogen-bond acceptors (Lipinski definition) is 8.